The van der Waals surface area contributed by atoms with E-state index in [1.165, 1.54) is 5.69 Å². The number of nitrogens with one attached hydrogen (secondary N) is 1. The van der Waals surface area contributed by atoms with E-state index < -0.39 is 0 Å². The van der Waals surface area contributed by atoms with Crippen molar-refractivity contribution < 1.29 is 0 Å². The van der Waals surface area contributed by atoms with Crippen LogP contribution in [0.3, 0.4) is 0 Å². The summed E-state index contributed by atoms with van der Waals surface area (Å²) < 4.78 is 2.19. The number of thiazole rings is 1. The summed E-state index contributed by atoms with van der Waals surface area (Å²) in [5.74, 6) is 0.534. The van der Waals surface area contributed by atoms with Gasteiger partial charge < -0.3 is 5.32 Å². The molecule has 1 aliphatic heterocycles. The Bertz CT molecular complexity index is 1220. The molecule has 8 nitrogen and oxygen atoms in total. The predicted octanol–water partition coefficient (Wildman–Crippen LogP) is 3.84. The summed E-state index contributed by atoms with van der Waals surface area (Å²) in [4.78, 5) is 21.4. The standard InChI is InChI=1S/C21H20N8S/c1-14-19(29-9-10-30-21(29)25-14)13-28-8-2-3-18(28)17-6-7-23-20(27-17)26-16-5-4-15(11-22)24-12-16/h4-7,9-10,12,18H,2-3,8,13H2,1H3,(H,23,26,27)/t18-/m1/s1. The van der Waals surface area contributed by atoms with Crippen LogP contribution in [-0.4, -0.2) is 35.8 Å². The number of pyridine rings is 1. The van der Waals surface area contributed by atoms with Crippen LogP contribution in [0.15, 0.2) is 42.2 Å². The Morgan fingerprint density at radius 2 is 2.20 bits per heavy atom. The average molecular weight is 417 g/mol. The van der Waals surface area contributed by atoms with Crippen molar-refractivity contribution in [2.75, 3.05) is 11.9 Å². The summed E-state index contributed by atoms with van der Waals surface area (Å²) in [7, 11) is 0. The van der Waals surface area contributed by atoms with Crippen molar-refractivity contribution >= 4 is 27.9 Å². The molecule has 30 heavy (non-hydrogen) atoms. The van der Waals surface area contributed by atoms with Crippen LogP contribution in [0.5, 0.6) is 0 Å². The normalized spacial score (nSPS) is 16.7. The number of nitrogens with zero attached hydrogens (tertiary/aromatic N) is 7. The first kappa shape index (κ1) is 18.7. The summed E-state index contributed by atoms with van der Waals surface area (Å²) in [6.45, 7) is 3.97. The molecule has 0 radical (unpaired) electrons. The van der Waals surface area contributed by atoms with E-state index in [-0.39, 0.29) is 6.04 Å². The third kappa shape index (κ3) is 3.51. The highest BCUT2D eigenvalue weighted by molar-refractivity contribution is 7.15. The Morgan fingerprint density at radius 1 is 1.27 bits per heavy atom. The molecular formula is C21H20N8S. The van der Waals surface area contributed by atoms with Crippen LogP contribution >= 0.6 is 11.3 Å². The molecule has 0 bridgehead atoms. The monoisotopic (exact) mass is 416 g/mol. The van der Waals surface area contributed by atoms with Gasteiger partial charge in [-0.15, -0.1) is 11.3 Å². The van der Waals surface area contributed by atoms with E-state index in [1.807, 2.05) is 12.1 Å². The number of hydrogen-bond acceptors (Lipinski definition) is 8. The number of hydrogen-bond donors (Lipinski definition) is 1. The number of aromatic nitrogens is 5. The molecule has 5 heterocycles. The molecule has 1 N–H and O–H groups in total. The number of nitriles is 1. The number of likely N-dealkylation sites (tertiary alicyclic amines) is 1. The Hall–Kier alpha value is -3.35. The minimum absolute atomic E-state index is 0.247. The van der Waals surface area contributed by atoms with Gasteiger partial charge in [0.25, 0.3) is 0 Å². The first-order chi connectivity index (χ1) is 14.7. The van der Waals surface area contributed by atoms with Gasteiger partial charge in [0, 0.05) is 24.3 Å². The van der Waals surface area contributed by atoms with Gasteiger partial charge in [-0.05, 0) is 44.5 Å². The molecule has 0 spiro atoms. The maximum absolute atomic E-state index is 8.89. The second-order valence-corrected chi connectivity index (χ2v) is 8.18. The third-order valence-electron chi connectivity index (χ3n) is 5.43. The molecule has 9 heteroatoms. The number of anilines is 2. The smallest absolute Gasteiger partial charge is 0.227 e. The van der Waals surface area contributed by atoms with Crippen LogP contribution in [0.2, 0.25) is 0 Å². The summed E-state index contributed by atoms with van der Waals surface area (Å²) in [6, 6.07) is 7.73. The molecule has 1 saturated heterocycles. The summed E-state index contributed by atoms with van der Waals surface area (Å²) >= 11 is 1.66. The van der Waals surface area contributed by atoms with Crippen molar-refractivity contribution in [1.29, 1.82) is 5.26 Å². The molecule has 0 saturated carbocycles. The minimum Gasteiger partial charge on any atom is -0.323 e. The van der Waals surface area contributed by atoms with Crippen molar-refractivity contribution in [3.8, 4) is 6.07 Å². The molecule has 0 aromatic carbocycles. The van der Waals surface area contributed by atoms with E-state index in [0.717, 1.165) is 48.0 Å². The lowest BCUT2D eigenvalue weighted by Crippen LogP contribution is -2.24. The molecular weight excluding hydrogens is 396 g/mol. The van der Waals surface area contributed by atoms with Crippen LogP contribution in [0.4, 0.5) is 11.6 Å². The zero-order chi connectivity index (χ0) is 20.5. The summed E-state index contributed by atoms with van der Waals surface area (Å²) in [6.07, 6.45) is 7.71. The van der Waals surface area contributed by atoms with Gasteiger partial charge in [0.1, 0.15) is 11.8 Å². The van der Waals surface area contributed by atoms with Gasteiger partial charge in [-0.25, -0.2) is 19.9 Å². The maximum atomic E-state index is 8.89. The predicted molar refractivity (Wildman–Crippen MR) is 114 cm³/mol. The zero-order valence-corrected chi connectivity index (χ0v) is 17.3. The Kier molecular flexibility index (Phi) is 4.86. The lowest BCUT2D eigenvalue weighted by molar-refractivity contribution is 0.240. The van der Waals surface area contributed by atoms with Gasteiger partial charge in [0.05, 0.1) is 35.0 Å². The highest BCUT2D eigenvalue weighted by Crippen LogP contribution is 2.33. The molecule has 1 aliphatic rings. The van der Waals surface area contributed by atoms with E-state index in [9.17, 15) is 0 Å². The molecule has 0 aliphatic carbocycles. The first-order valence-electron chi connectivity index (χ1n) is 9.82. The highest BCUT2D eigenvalue weighted by Gasteiger charge is 2.29. The van der Waals surface area contributed by atoms with E-state index in [4.69, 9.17) is 10.2 Å². The lowest BCUT2D eigenvalue weighted by Gasteiger charge is -2.24. The van der Waals surface area contributed by atoms with Gasteiger partial charge in [-0.1, -0.05) is 0 Å². The number of rotatable bonds is 5. The van der Waals surface area contributed by atoms with Crippen LogP contribution in [0.1, 0.15) is 41.7 Å². The molecule has 0 unspecified atom stereocenters. The Labute approximate surface area is 177 Å². The molecule has 4 aromatic rings. The SMILES string of the molecule is Cc1nc2sccn2c1CN1CCC[C@@H]1c1ccnc(Nc2ccc(C#N)nc2)n1. The molecule has 4 aromatic heterocycles. The number of aryl methyl sites for hydroxylation is 1. The molecule has 5 rings (SSSR count). The van der Waals surface area contributed by atoms with Crippen LogP contribution in [0, 0.1) is 18.3 Å². The van der Waals surface area contributed by atoms with Crippen molar-refractivity contribution in [2.24, 2.45) is 0 Å². The van der Waals surface area contributed by atoms with Crippen molar-refractivity contribution in [3.63, 3.8) is 0 Å². The van der Waals surface area contributed by atoms with E-state index in [2.05, 4.69) is 48.1 Å². The Balaban J connectivity index is 1.36. The number of imidazole rings is 1. The van der Waals surface area contributed by atoms with Gasteiger partial charge in [0.15, 0.2) is 4.96 Å². The zero-order valence-electron chi connectivity index (χ0n) is 16.5. The van der Waals surface area contributed by atoms with Gasteiger partial charge in [-0.3, -0.25) is 9.30 Å². The molecule has 150 valence electrons. The van der Waals surface area contributed by atoms with Gasteiger partial charge in [-0.2, -0.15) is 5.26 Å². The van der Waals surface area contributed by atoms with Crippen LogP contribution in [0.25, 0.3) is 4.96 Å². The van der Waals surface area contributed by atoms with Crippen molar-refractivity contribution in [2.45, 2.75) is 32.4 Å². The minimum atomic E-state index is 0.247. The van der Waals surface area contributed by atoms with E-state index in [1.54, 1.807) is 35.9 Å². The second kappa shape index (κ2) is 7.82. The van der Waals surface area contributed by atoms with Gasteiger partial charge >= 0.3 is 0 Å². The summed E-state index contributed by atoms with van der Waals surface area (Å²) in [5.41, 5.74) is 4.48. The quantitative estimate of drug-likeness (QED) is 0.528. The van der Waals surface area contributed by atoms with Crippen molar-refractivity contribution in [1.82, 2.24) is 29.2 Å². The first-order valence-corrected chi connectivity index (χ1v) is 10.7. The van der Waals surface area contributed by atoms with Gasteiger partial charge in [0.2, 0.25) is 5.95 Å². The highest BCUT2D eigenvalue weighted by atomic mass is 32.1. The topological polar surface area (TPSA) is 95.0 Å². The van der Waals surface area contributed by atoms with E-state index >= 15 is 0 Å². The number of fused-ring (bicyclic) bond motifs is 1. The second-order valence-electron chi connectivity index (χ2n) is 7.30. The molecule has 1 atom stereocenters. The lowest BCUT2D eigenvalue weighted by atomic mass is 10.1. The largest absolute Gasteiger partial charge is 0.323 e. The third-order valence-corrected chi connectivity index (χ3v) is 6.19. The van der Waals surface area contributed by atoms with Crippen molar-refractivity contribution in [3.05, 3.63) is 64.9 Å². The molecule has 0 amide bonds. The summed E-state index contributed by atoms with van der Waals surface area (Å²) in [5, 5.41) is 14.1. The Morgan fingerprint density at radius 3 is 3.03 bits per heavy atom. The fourth-order valence-electron chi connectivity index (χ4n) is 3.96. The fraction of sp³-hybridized carbons (Fsp3) is 0.286. The van der Waals surface area contributed by atoms with Crippen LogP contribution < -0.4 is 5.32 Å². The average Bonchev–Trinajstić information content (AvgIpc) is 3.47. The fourth-order valence-corrected chi connectivity index (χ4v) is 4.73. The van der Waals surface area contributed by atoms with E-state index in [0.29, 0.717) is 11.6 Å². The van der Waals surface area contributed by atoms with Crippen LogP contribution in [-0.2, 0) is 6.54 Å². The molecule has 1 fully saturated rings. The maximum Gasteiger partial charge on any atom is 0.227 e.